The summed E-state index contributed by atoms with van der Waals surface area (Å²) in [6.07, 6.45) is 5.21. The zero-order chi connectivity index (χ0) is 11.2. The lowest BCUT2D eigenvalue weighted by atomic mass is 10.1. The number of hydrogen-bond acceptors (Lipinski definition) is 1. The molecule has 1 heteroatoms. The van der Waals surface area contributed by atoms with Crippen LogP contribution in [-0.2, 0) is 6.42 Å². The fourth-order valence-electron chi connectivity index (χ4n) is 1.61. The van der Waals surface area contributed by atoms with E-state index < -0.39 is 0 Å². The topological polar surface area (TPSA) is 26.0 Å². The van der Waals surface area contributed by atoms with Crippen molar-refractivity contribution >= 4 is 11.8 Å². The van der Waals surface area contributed by atoms with E-state index in [-0.39, 0.29) is 0 Å². The third kappa shape index (κ3) is 2.99. The van der Waals surface area contributed by atoms with Gasteiger partial charge in [-0.05, 0) is 29.7 Å². The van der Waals surface area contributed by atoms with Crippen LogP contribution < -0.4 is 5.73 Å². The van der Waals surface area contributed by atoms with E-state index in [2.05, 4.69) is 42.5 Å². The van der Waals surface area contributed by atoms with Crippen molar-refractivity contribution in [2.24, 2.45) is 0 Å². The van der Waals surface area contributed by atoms with Gasteiger partial charge in [-0.1, -0.05) is 54.6 Å². The Balaban J connectivity index is 2.00. The summed E-state index contributed by atoms with van der Waals surface area (Å²) in [4.78, 5) is 0. The van der Waals surface area contributed by atoms with E-state index in [1.165, 1.54) is 5.56 Å². The Morgan fingerprint density at radius 1 is 0.938 bits per heavy atom. The van der Waals surface area contributed by atoms with Crippen LogP contribution in [0.3, 0.4) is 0 Å². The molecule has 0 unspecified atom stereocenters. The molecule has 0 aromatic heterocycles. The van der Waals surface area contributed by atoms with Gasteiger partial charge < -0.3 is 5.73 Å². The number of nitrogens with two attached hydrogens (primary N) is 1. The third-order valence-corrected chi connectivity index (χ3v) is 2.42. The average molecular weight is 209 g/mol. The molecule has 0 amide bonds. The summed E-state index contributed by atoms with van der Waals surface area (Å²) >= 11 is 0. The van der Waals surface area contributed by atoms with E-state index in [0.717, 1.165) is 17.7 Å². The smallest absolute Gasteiger partial charge is 0.0319 e. The highest BCUT2D eigenvalue weighted by Gasteiger charge is 1.89. The van der Waals surface area contributed by atoms with Gasteiger partial charge in [0, 0.05) is 5.69 Å². The highest BCUT2D eigenvalue weighted by atomic mass is 14.5. The second kappa shape index (κ2) is 5.17. The second-order valence-corrected chi connectivity index (χ2v) is 3.76. The highest BCUT2D eigenvalue weighted by molar-refractivity contribution is 5.55. The van der Waals surface area contributed by atoms with Crippen LogP contribution in [0.5, 0.6) is 0 Å². The monoisotopic (exact) mass is 209 g/mol. The Hall–Kier alpha value is -2.02. The third-order valence-electron chi connectivity index (χ3n) is 2.42. The maximum Gasteiger partial charge on any atom is 0.0319 e. The minimum atomic E-state index is 0.807. The standard InChI is InChI=1S/C15H15N/c16-15-11-5-10-14(12-15)9-4-8-13-6-2-1-3-7-13/h1-7,9-12H,8,16H2. The molecule has 0 saturated carbocycles. The lowest BCUT2D eigenvalue weighted by molar-refractivity contribution is 1.28. The first kappa shape index (κ1) is 10.5. The molecule has 16 heavy (non-hydrogen) atoms. The van der Waals surface area contributed by atoms with E-state index in [4.69, 9.17) is 5.73 Å². The highest BCUT2D eigenvalue weighted by Crippen LogP contribution is 2.09. The average Bonchev–Trinajstić information content (AvgIpc) is 2.30. The van der Waals surface area contributed by atoms with Crippen molar-refractivity contribution in [1.29, 1.82) is 0 Å². The first-order valence-electron chi connectivity index (χ1n) is 5.40. The summed E-state index contributed by atoms with van der Waals surface area (Å²) in [5.74, 6) is 0. The SMILES string of the molecule is Nc1cccc(C=CCc2ccccc2)c1. The summed E-state index contributed by atoms with van der Waals surface area (Å²) in [5.41, 5.74) is 8.99. The minimum absolute atomic E-state index is 0.807. The summed E-state index contributed by atoms with van der Waals surface area (Å²) in [5, 5.41) is 0. The van der Waals surface area contributed by atoms with Crippen LogP contribution in [0.2, 0.25) is 0 Å². The number of rotatable bonds is 3. The van der Waals surface area contributed by atoms with Crippen LogP contribution >= 0.6 is 0 Å². The molecule has 0 spiro atoms. The normalized spacial score (nSPS) is 10.8. The number of nitrogen functional groups attached to an aromatic ring is 1. The molecule has 0 saturated heterocycles. The Labute approximate surface area is 96.2 Å². The lowest BCUT2D eigenvalue weighted by Gasteiger charge is -1.96. The van der Waals surface area contributed by atoms with Crippen molar-refractivity contribution in [3.05, 3.63) is 71.8 Å². The maximum atomic E-state index is 5.71. The minimum Gasteiger partial charge on any atom is -0.399 e. The first-order valence-corrected chi connectivity index (χ1v) is 5.40. The van der Waals surface area contributed by atoms with E-state index in [1.54, 1.807) is 0 Å². The van der Waals surface area contributed by atoms with E-state index in [0.29, 0.717) is 0 Å². The van der Waals surface area contributed by atoms with Crippen LogP contribution in [0.1, 0.15) is 11.1 Å². The predicted octanol–water partition coefficient (Wildman–Crippen LogP) is 3.52. The van der Waals surface area contributed by atoms with Gasteiger partial charge in [-0.15, -0.1) is 0 Å². The van der Waals surface area contributed by atoms with Gasteiger partial charge in [-0.3, -0.25) is 0 Å². The zero-order valence-electron chi connectivity index (χ0n) is 9.14. The number of anilines is 1. The van der Waals surface area contributed by atoms with Crippen LogP contribution in [0.4, 0.5) is 5.69 Å². The summed E-state index contributed by atoms with van der Waals surface area (Å²) < 4.78 is 0. The second-order valence-electron chi connectivity index (χ2n) is 3.76. The molecule has 2 rings (SSSR count). The van der Waals surface area contributed by atoms with E-state index in [9.17, 15) is 0 Å². The van der Waals surface area contributed by atoms with Crippen molar-refractivity contribution in [2.75, 3.05) is 5.73 Å². The van der Waals surface area contributed by atoms with Gasteiger partial charge in [0.05, 0.1) is 0 Å². The molecule has 2 aromatic carbocycles. The molecule has 0 atom stereocenters. The van der Waals surface area contributed by atoms with Crippen molar-refractivity contribution < 1.29 is 0 Å². The summed E-state index contributed by atoms with van der Waals surface area (Å²) in [6.45, 7) is 0. The lowest BCUT2D eigenvalue weighted by Crippen LogP contribution is -1.84. The van der Waals surface area contributed by atoms with E-state index in [1.807, 2.05) is 24.3 Å². The fourth-order valence-corrected chi connectivity index (χ4v) is 1.61. The van der Waals surface area contributed by atoms with Gasteiger partial charge in [-0.25, -0.2) is 0 Å². The summed E-state index contributed by atoms with van der Waals surface area (Å²) in [7, 11) is 0. The quantitative estimate of drug-likeness (QED) is 0.769. The van der Waals surface area contributed by atoms with Crippen LogP contribution in [0.15, 0.2) is 60.7 Å². The summed E-state index contributed by atoms with van der Waals surface area (Å²) in [6, 6.07) is 18.3. The van der Waals surface area contributed by atoms with E-state index >= 15 is 0 Å². The van der Waals surface area contributed by atoms with Crippen molar-refractivity contribution in [3.63, 3.8) is 0 Å². The Morgan fingerprint density at radius 2 is 1.75 bits per heavy atom. The van der Waals surface area contributed by atoms with Gasteiger partial charge >= 0.3 is 0 Å². The molecule has 2 N–H and O–H groups in total. The maximum absolute atomic E-state index is 5.71. The van der Waals surface area contributed by atoms with Gasteiger partial charge in [0.25, 0.3) is 0 Å². The predicted molar refractivity (Wildman–Crippen MR) is 70.0 cm³/mol. The molecular formula is C15H15N. The molecule has 0 aliphatic carbocycles. The fraction of sp³-hybridized carbons (Fsp3) is 0.0667. The first-order chi connectivity index (χ1) is 7.84. The molecular weight excluding hydrogens is 194 g/mol. The molecule has 0 radical (unpaired) electrons. The molecule has 1 nitrogen and oxygen atoms in total. The van der Waals surface area contributed by atoms with Crippen molar-refractivity contribution in [3.8, 4) is 0 Å². The zero-order valence-corrected chi connectivity index (χ0v) is 9.14. The number of hydrogen-bond donors (Lipinski definition) is 1. The van der Waals surface area contributed by atoms with Crippen molar-refractivity contribution in [2.45, 2.75) is 6.42 Å². The molecule has 0 fully saturated rings. The van der Waals surface area contributed by atoms with Gasteiger partial charge in [0.1, 0.15) is 0 Å². The van der Waals surface area contributed by atoms with Crippen LogP contribution in [-0.4, -0.2) is 0 Å². The molecule has 80 valence electrons. The number of allylic oxidation sites excluding steroid dienone is 1. The van der Waals surface area contributed by atoms with Crippen molar-refractivity contribution in [1.82, 2.24) is 0 Å². The van der Waals surface area contributed by atoms with Gasteiger partial charge in [0.2, 0.25) is 0 Å². The molecule has 0 bridgehead atoms. The molecule has 0 aliphatic rings. The largest absolute Gasteiger partial charge is 0.399 e. The number of benzene rings is 2. The molecule has 2 aromatic rings. The Bertz CT molecular complexity index is 472. The molecule has 0 heterocycles. The van der Waals surface area contributed by atoms with Crippen LogP contribution in [0.25, 0.3) is 6.08 Å². The van der Waals surface area contributed by atoms with Crippen LogP contribution in [0, 0.1) is 0 Å². The Kier molecular flexibility index (Phi) is 3.39. The Morgan fingerprint density at radius 3 is 2.50 bits per heavy atom. The molecule has 0 aliphatic heterocycles. The van der Waals surface area contributed by atoms with Gasteiger partial charge in [0.15, 0.2) is 0 Å². The van der Waals surface area contributed by atoms with Gasteiger partial charge in [-0.2, -0.15) is 0 Å².